The van der Waals surface area contributed by atoms with E-state index in [9.17, 15) is 4.79 Å². The fourth-order valence-corrected chi connectivity index (χ4v) is 3.74. The fourth-order valence-electron chi connectivity index (χ4n) is 2.82. The number of morpholine rings is 1. The summed E-state index contributed by atoms with van der Waals surface area (Å²) < 4.78 is 6.50. The quantitative estimate of drug-likeness (QED) is 0.902. The third-order valence-electron chi connectivity index (χ3n) is 4.23. The van der Waals surface area contributed by atoms with Crippen molar-refractivity contribution in [2.45, 2.75) is 20.4 Å². The van der Waals surface area contributed by atoms with E-state index < -0.39 is 0 Å². The van der Waals surface area contributed by atoms with E-state index in [0.29, 0.717) is 18.2 Å². The highest BCUT2D eigenvalue weighted by atomic mass is 32.1. The van der Waals surface area contributed by atoms with Crippen LogP contribution in [0.4, 0.5) is 9.93 Å². The lowest BCUT2D eigenvalue weighted by Gasteiger charge is -2.26. The smallest absolute Gasteiger partial charge is 0.323 e. The van der Waals surface area contributed by atoms with E-state index >= 15 is 0 Å². The van der Waals surface area contributed by atoms with Crippen LogP contribution in [0.15, 0.2) is 18.2 Å². The van der Waals surface area contributed by atoms with E-state index in [1.165, 1.54) is 16.9 Å². The van der Waals surface area contributed by atoms with Crippen molar-refractivity contribution >= 4 is 32.7 Å². The molecule has 6 nitrogen and oxygen atoms in total. The van der Waals surface area contributed by atoms with E-state index in [1.54, 1.807) is 4.90 Å². The monoisotopic (exact) mass is 348 g/mol. The summed E-state index contributed by atoms with van der Waals surface area (Å²) in [5.41, 5.74) is 2.20. The first-order valence-electron chi connectivity index (χ1n) is 8.45. The van der Waals surface area contributed by atoms with Gasteiger partial charge < -0.3 is 9.64 Å². The normalized spacial score (nSPS) is 15.6. The van der Waals surface area contributed by atoms with Crippen molar-refractivity contribution in [1.82, 2.24) is 14.8 Å². The van der Waals surface area contributed by atoms with Gasteiger partial charge in [-0.25, -0.2) is 9.78 Å². The molecule has 0 aliphatic carbocycles. The highest BCUT2D eigenvalue weighted by Crippen LogP contribution is 2.27. The van der Waals surface area contributed by atoms with Crippen LogP contribution in [0.2, 0.25) is 0 Å². The number of hydrogen-bond donors (Lipinski definition) is 1. The molecule has 2 aromatic rings. The van der Waals surface area contributed by atoms with Gasteiger partial charge in [-0.05, 0) is 31.5 Å². The lowest BCUT2D eigenvalue weighted by atomic mass is 10.2. The minimum absolute atomic E-state index is 0.0902. The Kier molecular flexibility index (Phi) is 5.65. The Morgan fingerprint density at radius 2 is 2.08 bits per heavy atom. The molecule has 24 heavy (non-hydrogen) atoms. The molecule has 0 radical (unpaired) electrons. The van der Waals surface area contributed by atoms with Crippen molar-refractivity contribution in [2.75, 3.05) is 44.7 Å². The molecule has 0 atom stereocenters. The van der Waals surface area contributed by atoms with E-state index in [1.807, 2.05) is 19.9 Å². The Bertz CT molecular complexity index is 693. The highest BCUT2D eigenvalue weighted by molar-refractivity contribution is 7.22. The van der Waals surface area contributed by atoms with Crippen LogP contribution in [-0.2, 0) is 11.3 Å². The number of carbonyl (C=O) groups excluding carboxylic acids is 1. The number of nitrogens with zero attached hydrogens (tertiary/aromatic N) is 3. The predicted molar refractivity (Wildman–Crippen MR) is 97.7 cm³/mol. The average molecular weight is 348 g/mol. The third-order valence-corrected chi connectivity index (χ3v) is 5.16. The zero-order valence-electron chi connectivity index (χ0n) is 14.2. The maximum atomic E-state index is 12.1. The van der Waals surface area contributed by atoms with Gasteiger partial charge in [0.05, 0.1) is 23.4 Å². The van der Waals surface area contributed by atoms with Gasteiger partial charge in [0.1, 0.15) is 0 Å². The zero-order chi connectivity index (χ0) is 16.9. The first-order valence-corrected chi connectivity index (χ1v) is 9.26. The molecule has 0 bridgehead atoms. The summed E-state index contributed by atoms with van der Waals surface area (Å²) in [5, 5.41) is 3.56. The summed E-state index contributed by atoms with van der Waals surface area (Å²) in [6, 6.07) is 6.24. The molecule has 7 heteroatoms. The highest BCUT2D eigenvalue weighted by Gasteiger charge is 2.14. The number of carbonyl (C=O) groups is 1. The Balaban J connectivity index is 1.70. The lowest BCUT2D eigenvalue weighted by molar-refractivity contribution is 0.0342. The Morgan fingerprint density at radius 1 is 1.33 bits per heavy atom. The summed E-state index contributed by atoms with van der Waals surface area (Å²) in [5.74, 6) is 0. The van der Waals surface area contributed by atoms with Gasteiger partial charge in [0.15, 0.2) is 5.13 Å². The molecule has 3 rings (SSSR count). The summed E-state index contributed by atoms with van der Waals surface area (Å²) in [6.07, 6.45) is 0. The van der Waals surface area contributed by atoms with Crippen LogP contribution < -0.4 is 5.32 Å². The number of urea groups is 1. The number of rotatable bonds is 5. The van der Waals surface area contributed by atoms with Gasteiger partial charge >= 0.3 is 6.03 Å². The largest absolute Gasteiger partial charge is 0.379 e. The minimum Gasteiger partial charge on any atom is -0.379 e. The molecule has 1 aliphatic heterocycles. The number of thiazole rings is 1. The van der Waals surface area contributed by atoms with Gasteiger partial charge in [0, 0.05) is 32.7 Å². The maximum absolute atomic E-state index is 12.1. The van der Waals surface area contributed by atoms with Crippen molar-refractivity contribution < 1.29 is 9.53 Å². The van der Waals surface area contributed by atoms with Crippen LogP contribution in [0.25, 0.3) is 10.2 Å². The summed E-state index contributed by atoms with van der Waals surface area (Å²) >= 11 is 1.53. The van der Waals surface area contributed by atoms with Gasteiger partial charge in [0.25, 0.3) is 0 Å². The average Bonchev–Trinajstić information content (AvgIpc) is 2.98. The van der Waals surface area contributed by atoms with Crippen LogP contribution >= 0.6 is 11.3 Å². The van der Waals surface area contributed by atoms with E-state index in [0.717, 1.165) is 43.1 Å². The predicted octanol–water partition coefficient (Wildman–Crippen LogP) is 3.00. The van der Waals surface area contributed by atoms with Gasteiger partial charge in [-0.2, -0.15) is 0 Å². The Morgan fingerprint density at radius 3 is 2.79 bits per heavy atom. The molecule has 1 aromatic carbocycles. The second-order valence-corrected chi connectivity index (χ2v) is 6.84. The zero-order valence-corrected chi connectivity index (χ0v) is 15.1. The number of fused-ring (bicyclic) bond motifs is 1. The topological polar surface area (TPSA) is 57.7 Å². The van der Waals surface area contributed by atoms with Crippen LogP contribution in [0.1, 0.15) is 19.4 Å². The first-order chi connectivity index (χ1) is 11.7. The number of hydrogen-bond acceptors (Lipinski definition) is 5. The van der Waals surface area contributed by atoms with Crippen molar-refractivity contribution in [3.63, 3.8) is 0 Å². The number of nitrogens with one attached hydrogen (secondary N) is 1. The van der Waals surface area contributed by atoms with Gasteiger partial charge in [-0.1, -0.05) is 17.4 Å². The molecule has 1 aromatic heterocycles. The Hall–Kier alpha value is -1.70. The van der Waals surface area contributed by atoms with Crippen LogP contribution in [0.5, 0.6) is 0 Å². The summed E-state index contributed by atoms with van der Waals surface area (Å²) in [7, 11) is 0. The molecule has 2 heterocycles. The molecule has 0 saturated carbocycles. The van der Waals surface area contributed by atoms with Crippen molar-refractivity contribution in [3.8, 4) is 0 Å². The number of ether oxygens (including phenoxy) is 1. The third kappa shape index (κ3) is 4.03. The molecular weight excluding hydrogens is 324 g/mol. The Labute approximate surface area is 146 Å². The van der Waals surface area contributed by atoms with Crippen molar-refractivity contribution in [1.29, 1.82) is 0 Å². The van der Waals surface area contributed by atoms with E-state index in [2.05, 4.69) is 27.3 Å². The lowest BCUT2D eigenvalue weighted by Crippen LogP contribution is -2.35. The second-order valence-electron chi connectivity index (χ2n) is 5.81. The molecule has 1 saturated heterocycles. The van der Waals surface area contributed by atoms with E-state index in [4.69, 9.17) is 4.74 Å². The molecule has 2 amide bonds. The van der Waals surface area contributed by atoms with Crippen LogP contribution in [0.3, 0.4) is 0 Å². The number of benzene rings is 1. The van der Waals surface area contributed by atoms with Crippen molar-refractivity contribution in [3.05, 3.63) is 23.8 Å². The second kappa shape index (κ2) is 7.92. The number of amides is 2. The van der Waals surface area contributed by atoms with Crippen LogP contribution in [-0.4, -0.2) is 60.2 Å². The molecule has 0 spiro atoms. The van der Waals surface area contributed by atoms with Gasteiger partial charge in [-0.15, -0.1) is 0 Å². The van der Waals surface area contributed by atoms with Gasteiger partial charge in [-0.3, -0.25) is 10.2 Å². The van der Waals surface area contributed by atoms with Crippen molar-refractivity contribution in [2.24, 2.45) is 0 Å². The number of anilines is 1. The molecular formula is C17H24N4O2S. The maximum Gasteiger partial charge on any atom is 0.323 e. The summed E-state index contributed by atoms with van der Waals surface area (Å²) in [4.78, 5) is 20.8. The summed E-state index contributed by atoms with van der Waals surface area (Å²) in [6.45, 7) is 9.83. The van der Waals surface area contributed by atoms with E-state index in [-0.39, 0.29) is 6.03 Å². The molecule has 1 N–H and O–H groups in total. The SMILES string of the molecule is CCN(CC)C(=O)Nc1nc2ccc(CN3CCOCC3)cc2s1. The molecule has 0 unspecified atom stereocenters. The standard InChI is InChI=1S/C17H24N4O2S/c1-3-21(4-2)17(22)19-16-18-14-6-5-13(11-15(14)24-16)12-20-7-9-23-10-8-20/h5-6,11H,3-4,7-10,12H2,1-2H3,(H,18,19,22). The molecule has 1 fully saturated rings. The fraction of sp³-hybridized carbons (Fsp3) is 0.529. The van der Waals surface area contributed by atoms with Crippen LogP contribution in [0, 0.1) is 0 Å². The minimum atomic E-state index is -0.0902. The molecule has 1 aliphatic rings. The molecule has 130 valence electrons. The number of aromatic nitrogens is 1. The first kappa shape index (κ1) is 17.1. The van der Waals surface area contributed by atoms with Gasteiger partial charge in [0.2, 0.25) is 0 Å².